The quantitative estimate of drug-likeness (QED) is 0.602. The summed E-state index contributed by atoms with van der Waals surface area (Å²) in [6.45, 7) is 1.25. The summed E-state index contributed by atoms with van der Waals surface area (Å²) in [5, 5.41) is 0. The summed E-state index contributed by atoms with van der Waals surface area (Å²) in [6.07, 6.45) is 0. The Morgan fingerprint density at radius 2 is 2.10 bits per heavy atom. The van der Waals surface area contributed by atoms with Gasteiger partial charge in [-0.25, -0.2) is 0 Å². The largest absolute Gasteiger partial charge is 0.375 e. The van der Waals surface area contributed by atoms with Gasteiger partial charge in [-0.2, -0.15) is 0 Å². The molecular weight excluding hydrogens is 122 g/mol. The summed E-state index contributed by atoms with van der Waals surface area (Å²) in [4.78, 5) is 2.08. The van der Waals surface area contributed by atoms with Gasteiger partial charge in [0.05, 0.1) is 0 Å². The highest BCUT2D eigenvalue weighted by Crippen LogP contribution is 2.09. The van der Waals surface area contributed by atoms with Crippen molar-refractivity contribution in [2.45, 2.75) is 6.90 Å². The normalized spacial score (nSPS) is 10.7. The highest BCUT2D eigenvalue weighted by Gasteiger charge is 1.92. The summed E-state index contributed by atoms with van der Waals surface area (Å²) in [7, 11) is 2.00. The van der Waals surface area contributed by atoms with E-state index in [1.165, 1.54) is 5.69 Å². The van der Waals surface area contributed by atoms with E-state index >= 15 is 0 Å². The molecule has 1 nitrogen and oxygen atoms in total. The Kier molecular flexibility index (Phi) is 1.88. The molecule has 0 bridgehead atoms. The number of hydrogen-bond acceptors (Lipinski definition) is 1. The third kappa shape index (κ3) is 1.50. The molecule has 0 aromatic heterocycles. The Morgan fingerprint density at radius 3 is 2.70 bits per heavy atom. The number of hydrogen-bond donors (Lipinski definition) is 0. The van der Waals surface area contributed by atoms with Crippen molar-refractivity contribution in [1.29, 1.82) is 0 Å². The van der Waals surface area contributed by atoms with E-state index in [9.17, 15) is 0 Å². The van der Waals surface area contributed by atoms with Crippen LogP contribution in [0.4, 0.5) is 5.69 Å². The molecule has 1 heteroatoms. The van der Waals surface area contributed by atoms with Crippen LogP contribution in [-0.4, -0.2) is 13.6 Å². The maximum Gasteiger partial charge on any atom is 0.0363 e. The van der Waals surface area contributed by atoms with Crippen LogP contribution in [0.3, 0.4) is 0 Å². The molecule has 0 saturated carbocycles. The smallest absolute Gasteiger partial charge is 0.0363 e. The topological polar surface area (TPSA) is 3.24 Å². The molecule has 0 aliphatic carbocycles. The van der Waals surface area contributed by atoms with Gasteiger partial charge < -0.3 is 4.90 Å². The van der Waals surface area contributed by atoms with Crippen LogP contribution in [0.2, 0.25) is 0 Å². The predicted molar refractivity (Wildman–Crippen MR) is 45.4 cm³/mol. The van der Waals surface area contributed by atoms with E-state index in [-0.39, 0.29) is 0 Å². The number of nitrogens with zero attached hydrogens (tertiary/aromatic N) is 1. The Hall–Kier alpha value is -0.980. The lowest BCUT2D eigenvalue weighted by Gasteiger charge is -2.15. The van der Waals surface area contributed by atoms with E-state index in [1.54, 1.807) is 0 Å². The molecule has 0 atom stereocenters. The second-order valence-corrected chi connectivity index (χ2v) is 2.26. The molecule has 1 aromatic carbocycles. The van der Waals surface area contributed by atoms with Crippen LogP contribution in [0, 0.1) is 0 Å². The first-order valence-electron chi connectivity index (χ1n) is 4.10. The van der Waals surface area contributed by atoms with Crippen LogP contribution in [0.5, 0.6) is 0 Å². The molecule has 10 heavy (non-hydrogen) atoms. The Labute approximate surface area is 63.7 Å². The number of benzene rings is 1. The monoisotopic (exact) mass is 136 g/mol. The Bertz CT molecular complexity index is 198. The lowest BCUT2D eigenvalue weighted by molar-refractivity contribution is 0.968. The van der Waals surface area contributed by atoms with Crippen LogP contribution >= 0.6 is 0 Å². The van der Waals surface area contributed by atoms with Gasteiger partial charge in [0.15, 0.2) is 0 Å². The number of anilines is 1. The summed E-state index contributed by atoms with van der Waals surface area (Å²) in [5.74, 6) is 0. The van der Waals surface area contributed by atoms with Gasteiger partial charge in [0.25, 0.3) is 0 Å². The summed E-state index contributed by atoms with van der Waals surface area (Å²) < 4.78 is 7.04. The van der Waals surface area contributed by atoms with Crippen LogP contribution in [-0.2, 0) is 0 Å². The zero-order valence-corrected chi connectivity index (χ0v) is 6.25. The molecule has 0 fully saturated rings. The van der Waals surface area contributed by atoms with E-state index in [1.807, 2.05) is 25.2 Å². The van der Waals surface area contributed by atoms with Crippen LogP contribution in [0.25, 0.3) is 0 Å². The third-order valence-corrected chi connectivity index (χ3v) is 1.53. The van der Waals surface area contributed by atoms with Gasteiger partial charge in [-0.15, -0.1) is 0 Å². The van der Waals surface area contributed by atoms with Crippen LogP contribution < -0.4 is 4.90 Å². The molecule has 1 aromatic rings. The second kappa shape index (κ2) is 3.25. The standard InChI is InChI=1S/C9H13N/c1-3-10(2)9-7-5-4-6-8-9/h4-8H,3H2,1-2H3/i1D. The first-order valence-corrected chi connectivity index (χ1v) is 3.40. The van der Waals surface area contributed by atoms with E-state index in [4.69, 9.17) is 1.37 Å². The average Bonchev–Trinajstić information content (AvgIpc) is 2.07. The summed E-state index contributed by atoms with van der Waals surface area (Å²) in [5.41, 5.74) is 1.18. The maximum atomic E-state index is 7.04. The number of rotatable bonds is 2. The first kappa shape index (κ1) is 5.78. The summed E-state index contributed by atoms with van der Waals surface area (Å²) >= 11 is 0. The SMILES string of the molecule is [2H]CCN(C)c1ccccc1. The minimum Gasteiger partial charge on any atom is -0.375 e. The average molecular weight is 136 g/mol. The zero-order chi connectivity index (χ0) is 8.10. The van der Waals surface area contributed by atoms with Gasteiger partial charge in [-0.1, -0.05) is 18.2 Å². The lowest BCUT2D eigenvalue weighted by atomic mass is 10.3. The van der Waals surface area contributed by atoms with Crippen molar-refractivity contribution in [2.75, 3.05) is 18.5 Å². The molecule has 0 spiro atoms. The molecule has 0 aliphatic heterocycles. The van der Waals surface area contributed by atoms with Crippen LogP contribution in [0.15, 0.2) is 30.3 Å². The molecule has 0 amide bonds. The van der Waals surface area contributed by atoms with Crippen molar-refractivity contribution in [1.82, 2.24) is 0 Å². The van der Waals surface area contributed by atoms with Gasteiger partial charge in [-0.05, 0) is 19.0 Å². The van der Waals surface area contributed by atoms with Gasteiger partial charge in [-0.3, -0.25) is 0 Å². The first-order chi connectivity index (χ1) is 5.34. The van der Waals surface area contributed by atoms with E-state index in [0.717, 1.165) is 6.54 Å². The molecular formula is C9H13N. The van der Waals surface area contributed by atoms with Crippen molar-refractivity contribution < 1.29 is 1.37 Å². The van der Waals surface area contributed by atoms with E-state index in [0.29, 0.717) is 6.90 Å². The van der Waals surface area contributed by atoms with E-state index < -0.39 is 0 Å². The fourth-order valence-corrected chi connectivity index (χ4v) is 0.812. The van der Waals surface area contributed by atoms with Gasteiger partial charge in [0, 0.05) is 20.7 Å². The zero-order valence-electron chi connectivity index (χ0n) is 7.25. The highest BCUT2D eigenvalue weighted by atomic mass is 15.1. The predicted octanol–water partition coefficient (Wildman–Crippen LogP) is 2.14. The summed E-state index contributed by atoms with van der Waals surface area (Å²) in [6, 6.07) is 10.1. The van der Waals surface area contributed by atoms with Gasteiger partial charge in [0.2, 0.25) is 0 Å². The fourth-order valence-electron chi connectivity index (χ4n) is 0.812. The van der Waals surface area contributed by atoms with Gasteiger partial charge >= 0.3 is 0 Å². The molecule has 0 unspecified atom stereocenters. The van der Waals surface area contributed by atoms with E-state index in [2.05, 4.69) is 17.0 Å². The van der Waals surface area contributed by atoms with Crippen molar-refractivity contribution in [2.24, 2.45) is 0 Å². The minimum absolute atomic E-state index is 0.450. The number of para-hydroxylation sites is 1. The lowest BCUT2D eigenvalue weighted by Crippen LogP contribution is -2.15. The minimum atomic E-state index is 0.450. The molecule has 0 heterocycles. The van der Waals surface area contributed by atoms with Crippen molar-refractivity contribution in [3.05, 3.63) is 30.3 Å². The molecule has 0 saturated heterocycles. The van der Waals surface area contributed by atoms with Gasteiger partial charge in [0.1, 0.15) is 0 Å². The molecule has 54 valence electrons. The Balaban J connectivity index is 2.61. The van der Waals surface area contributed by atoms with Crippen molar-refractivity contribution in [3.63, 3.8) is 0 Å². The van der Waals surface area contributed by atoms with Crippen molar-refractivity contribution >= 4 is 5.69 Å². The maximum absolute atomic E-state index is 7.04. The highest BCUT2D eigenvalue weighted by molar-refractivity contribution is 5.44. The molecule has 1 rings (SSSR count). The molecule has 0 aliphatic rings. The van der Waals surface area contributed by atoms with Crippen LogP contribution in [0.1, 0.15) is 8.27 Å². The van der Waals surface area contributed by atoms with Crippen molar-refractivity contribution in [3.8, 4) is 0 Å². The molecule has 0 radical (unpaired) electrons. The molecule has 0 N–H and O–H groups in total. The fraction of sp³-hybridized carbons (Fsp3) is 0.333. The second-order valence-electron chi connectivity index (χ2n) is 2.26. The third-order valence-electron chi connectivity index (χ3n) is 1.53. The Morgan fingerprint density at radius 1 is 1.40 bits per heavy atom.